The summed E-state index contributed by atoms with van der Waals surface area (Å²) in [5, 5.41) is 10.7. The van der Waals surface area contributed by atoms with E-state index in [2.05, 4.69) is 25.3 Å². The number of H-pyrrole nitrogens is 1. The Balaban J connectivity index is 1.42. The van der Waals surface area contributed by atoms with Gasteiger partial charge in [0.25, 0.3) is 0 Å². The van der Waals surface area contributed by atoms with Crippen LogP contribution in [0.5, 0.6) is 0 Å². The summed E-state index contributed by atoms with van der Waals surface area (Å²) in [5.41, 5.74) is 1.89. The number of nitrogens with zero attached hydrogens (tertiary/aromatic N) is 5. The quantitative estimate of drug-likeness (QED) is 0.860. The topological polar surface area (TPSA) is 87.2 Å². The molecule has 8 nitrogen and oxygen atoms in total. The van der Waals surface area contributed by atoms with Crippen LogP contribution in [0.2, 0.25) is 0 Å². The second kappa shape index (κ2) is 8.14. The Labute approximate surface area is 158 Å². The highest BCUT2D eigenvalue weighted by Gasteiger charge is 2.40. The highest BCUT2D eigenvalue weighted by molar-refractivity contribution is 5.78. The third-order valence-electron chi connectivity index (χ3n) is 5.46. The zero-order valence-electron chi connectivity index (χ0n) is 15.5. The van der Waals surface area contributed by atoms with Crippen LogP contribution in [0.4, 0.5) is 0 Å². The first-order valence-electron chi connectivity index (χ1n) is 9.54. The maximum atomic E-state index is 12.8. The Morgan fingerprint density at radius 1 is 1.30 bits per heavy atom. The first kappa shape index (κ1) is 18.1. The van der Waals surface area contributed by atoms with Crippen molar-refractivity contribution in [3.8, 4) is 0 Å². The summed E-state index contributed by atoms with van der Waals surface area (Å²) in [5.74, 6) is 0.175. The van der Waals surface area contributed by atoms with Crippen molar-refractivity contribution in [1.29, 1.82) is 0 Å². The monoisotopic (exact) mass is 370 g/mol. The average molecular weight is 370 g/mol. The van der Waals surface area contributed by atoms with E-state index >= 15 is 0 Å². The molecule has 0 aromatic carbocycles. The van der Waals surface area contributed by atoms with Crippen molar-refractivity contribution in [3.63, 3.8) is 0 Å². The molecule has 1 amide bonds. The number of rotatable bonds is 4. The van der Waals surface area contributed by atoms with Crippen molar-refractivity contribution in [2.24, 2.45) is 5.41 Å². The molecule has 2 aromatic heterocycles. The number of nitrogens with one attached hydrogen (secondary N) is 1. The van der Waals surface area contributed by atoms with Gasteiger partial charge in [0.05, 0.1) is 31.5 Å². The standard InChI is InChI=1S/C19H26N6O2/c26-18(9-16-3-1-5-20-10-16)25-6-2-4-19(14-25)13-24(7-8-27-15-19)12-17-11-21-23-22-17/h1,3,5,10-11H,2,4,6-9,12-15H2,(H,21,22,23)/t19-/m0/s1. The number of pyridine rings is 1. The van der Waals surface area contributed by atoms with Gasteiger partial charge in [0.2, 0.25) is 5.91 Å². The summed E-state index contributed by atoms with van der Waals surface area (Å²) in [4.78, 5) is 21.3. The van der Waals surface area contributed by atoms with Gasteiger partial charge >= 0.3 is 0 Å². The number of likely N-dealkylation sites (tertiary alicyclic amines) is 1. The van der Waals surface area contributed by atoms with E-state index in [0.717, 1.165) is 56.8 Å². The number of amides is 1. The van der Waals surface area contributed by atoms with E-state index in [0.29, 0.717) is 19.6 Å². The average Bonchev–Trinajstić information content (AvgIpc) is 3.12. The molecule has 2 aliphatic rings. The van der Waals surface area contributed by atoms with Crippen molar-refractivity contribution in [1.82, 2.24) is 30.2 Å². The molecule has 4 rings (SSSR count). The Kier molecular flexibility index (Phi) is 5.45. The summed E-state index contributed by atoms with van der Waals surface area (Å²) in [7, 11) is 0. The van der Waals surface area contributed by atoms with Gasteiger partial charge in [-0.15, -0.1) is 0 Å². The van der Waals surface area contributed by atoms with Gasteiger partial charge in [-0.05, 0) is 24.5 Å². The maximum Gasteiger partial charge on any atom is 0.227 e. The largest absolute Gasteiger partial charge is 0.379 e. The van der Waals surface area contributed by atoms with E-state index in [1.165, 1.54) is 0 Å². The lowest BCUT2D eigenvalue weighted by Crippen LogP contribution is -2.52. The molecule has 2 aliphatic heterocycles. The van der Waals surface area contributed by atoms with Gasteiger partial charge in [-0.1, -0.05) is 6.07 Å². The first-order chi connectivity index (χ1) is 13.2. The van der Waals surface area contributed by atoms with Gasteiger partial charge in [0.1, 0.15) is 0 Å². The van der Waals surface area contributed by atoms with Crippen molar-refractivity contribution in [2.75, 3.05) is 39.4 Å². The Morgan fingerprint density at radius 2 is 2.26 bits per heavy atom. The van der Waals surface area contributed by atoms with Crippen LogP contribution in [0.3, 0.4) is 0 Å². The second-order valence-electron chi connectivity index (χ2n) is 7.68. The SMILES string of the molecule is O=C(Cc1cccnc1)N1CCC[C@@]2(COCCN(Cc3cn[nH]n3)C2)C1. The van der Waals surface area contributed by atoms with Gasteiger partial charge in [0, 0.05) is 50.5 Å². The molecule has 4 heterocycles. The molecule has 0 unspecified atom stereocenters. The molecular weight excluding hydrogens is 344 g/mol. The van der Waals surface area contributed by atoms with Gasteiger partial charge in [0.15, 0.2) is 0 Å². The fourth-order valence-electron chi connectivity index (χ4n) is 4.20. The predicted molar refractivity (Wildman–Crippen MR) is 98.7 cm³/mol. The lowest BCUT2D eigenvalue weighted by Gasteiger charge is -2.43. The second-order valence-corrected chi connectivity index (χ2v) is 7.68. The lowest BCUT2D eigenvalue weighted by atomic mass is 9.80. The number of aromatic nitrogens is 4. The number of hydrogen-bond acceptors (Lipinski definition) is 6. The summed E-state index contributed by atoms with van der Waals surface area (Å²) in [6.45, 7) is 5.54. The zero-order valence-corrected chi connectivity index (χ0v) is 15.5. The van der Waals surface area contributed by atoms with Crippen LogP contribution in [0, 0.1) is 5.41 Å². The minimum absolute atomic E-state index is 0.0108. The molecule has 1 spiro atoms. The van der Waals surface area contributed by atoms with E-state index in [4.69, 9.17) is 4.74 Å². The number of hydrogen-bond donors (Lipinski definition) is 1. The molecule has 0 bridgehead atoms. The molecule has 0 saturated carbocycles. The molecule has 2 fully saturated rings. The molecule has 144 valence electrons. The normalized spacial score (nSPS) is 24.1. The highest BCUT2D eigenvalue weighted by Crippen LogP contribution is 2.33. The summed E-state index contributed by atoms with van der Waals surface area (Å²) in [6, 6.07) is 3.83. The maximum absolute atomic E-state index is 12.8. The number of carbonyl (C=O) groups is 1. The van der Waals surface area contributed by atoms with Gasteiger partial charge in [-0.3, -0.25) is 14.7 Å². The van der Waals surface area contributed by atoms with E-state index in [-0.39, 0.29) is 11.3 Å². The molecule has 0 aliphatic carbocycles. The van der Waals surface area contributed by atoms with Gasteiger partial charge in [-0.2, -0.15) is 15.4 Å². The zero-order chi connectivity index (χ0) is 18.5. The van der Waals surface area contributed by atoms with Crippen molar-refractivity contribution in [3.05, 3.63) is 42.0 Å². The summed E-state index contributed by atoms with van der Waals surface area (Å²) in [6.07, 6.45) is 7.78. The molecule has 8 heteroatoms. The van der Waals surface area contributed by atoms with Crippen LogP contribution in [0.25, 0.3) is 0 Å². The van der Waals surface area contributed by atoms with Crippen molar-refractivity contribution < 1.29 is 9.53 Å². The van der Waals surface area contributed by atoms with Gasteiger partial charge < -0.3 is 9.64 Å². The molecule has 0 radical (unpaired) electrons. The minimum atomic E-state index is -0.0108. The lowest BCUT2D eigenvalue weighted by molar-refractivity contribution is -0.135. The molecule has 1 N–H and O–H groups in total. The predicted octanol–water partition coefficient (Wildman–Crippen LogP) is 0.883. The molecule has 2 aromatic rings. The van der Waals surface area contributed by atoms with Crippen LogP contribution in [-0.2, 0) is 22.5 Å². The van der Waals surface area contributed by atoms with E-state index in [1.807, 2.05) is 17.0 Å². The highest BCUT2D eigenvalue weighted by atomic mass is 16.5. The summed E-state index contributed by atoms with van der Waals surface area (Å²) >= 11 is 0. The van der Waals surface area contributed by atoms with Crippen molar-refractivity contribution >= 4 is 5.91 Å². The van der Waals surface area contributed by atoms with Crippen LogP contribution in [0.1, 0.15) is 24.1 Å². The number of piperidine rings is 1. The van der Waals surface area contributed by atoms with Crippen LogP contribution < -0.4 is 0 Å². The number of carbonyl (C=O) groups excluding carboxylic acids is 1. The number of ether oxygens (including phenoxy) is 1. The van der Waals surface area contributed by atoms with E-state index in [1.54, 1.807) is 18.6 Å². The smallest absolute Gasteiger partial charge is 0.227 e. The Bertz CT molecular complexity index is 738. The van der Waals surface area contributed by atoms with Crippen LogP contribution >= 0.6 is 0 Å². The fraction of sp³-hybridized carbons (Fsp3) is 0.579. The number of aromatic amines is 1. The molecule has 1 atom stereocenters. The Morgan fingerprint density at radius 3 is 3.07 bits per heavy atom. The van der Waals surface area contributed by atoms with E-state index in [9.17, 15) is 4.79 Å². The molecule has 27 heavy (non-hydrogen) atoms. The van der Waals surface area contributed by atoms with Gasteiger partial charge in [-0.25, -0.2) is 0 Å². The van der Waals surface area contributed by atoms with Crippen LogP contribution in [-0.4, -0.2) is 75.5 Å². The minimum Gasteiger partial charge on any atom is -0.379 e. The Hall–Kier alpha value is -2.32. The van der Waals surface area contributed by atoms with Crippen LogP contribution in [0.15, 0.2) is 30.7 Å². The third-order valence-corrected chi connectivity index (χ3v) is 5.46. The molecule has 2 saturated heterocycles. The van der Waals surface area contributed by atoms with Crippen molar-refractivity contribution in [2.45, 2.75) is 25.8 Å². The van der Waals surface area contributed by atoms with E-state index < -0.39 is 0 Å². The molecular formula is C19H26N6O2. The summed E-state index contributed by atoms with van der Waals surface area (Å²) < 4.78 is 5.95. The third kappa shape index (κ3) is 4.51. The fourth-order valence-corrected chi connectivity index (χ4v) is 4.20. The first-order valence-corrected chi connectivity index (χ1v) is 9.54.